The molecule has 1 aromatic heterocycles. The van der Waals surface area contributed by atoms with Gasteiger partial charge in [0.05, 0.1) is 10.9 Å². The number of halogens is 1. The lowest BCUT2D eigenvalue weighted by Crippen LogP contribution is -2.22. The Morgan fingerprint density at radius 1 is 1.11 bits per heavy atom. The number of thiophene rings is 1. The van der Waals surface area contributed by atoms with Crippen molar-refractivity contribution >= 4 is 33.0 Å². The van der Waals surface area contributed by atoms with Crippen molar-refractivity contribution in [1.82, 2.24) is 4.72 Å². The highest BCUT2D eigenvalue weighted by molar-refractivity contribution is 7.91. The summed E-state index contributed by atoms with van der Waals surface area (Å²) in [7, 11) is -3.52. The van der Waals surface area contributed by atoms with Gasteiger partial charge in [-0.3, -0.25) is 0 Å². The molecule has 0 saturated carbocycles. The van der Waals surface area contributed by atoms with Crippen LogP contribution in [0.5, 0.6) is 0 Å². The van der Waals surface area contributed by atoms with Gasteiger partial charge in [0.15, 0.2) is 0 Å². The molecule has 0 fully saturated rings. The molecule has 0 saturated heterocycles. The molecule has 2 rings (SSSR count). The van der Waals surface area contributed by atoms with Gasteiger partial charge in [-0.05, 0) is 23.3 Å². The first-order valence-corrected chi connectivity index (χ1v) is 8.13. The van der Waals surface area contributed by atoms with E-state index in [1.807, 2.05) is 0 Å². The molecule has 2 N–H and O–H groups in total. The number of hydrogen-bond acceptors (Lipinski definition) is 4. The molecule has 0 aliphatic rings. The van der Waals surface area contributed by atoms with E-state index in [1.165, 1.54) is 6.07 Å². The molecule has 0 amide bonds. The summed E-state index contributed by atoms with van der Waals surface area (Å²) in [5, 5.41) is 8.92. The topological polar surface area (TPSA) is 66.4 Å². The van der Waals surface area contributed by atoms with E-state index in [0.717, 1.165) is 22.5 Å². The SMILES string of the molecule is O=S(=O)(NCc1ccc(CO)cc1)c1ccc(Cl)s1. The van der Waals surface area contributed by atoms with Gasteiger partial charge in [-0.2, -0.15) is 0 Å². The Labute approximate surface area is 120 Å². The number of aliphatic hydroxyl groups excluding tert-OH is 1. The average molecular weight is 318 g/mol. The summed E-state index contributed by atoms with van der Waals surface area (Å²) in [6, 6.07) is 10.1. The molecule has 19 heavy (non-hydrogen) atoms. The van der Waals surface area contributed by atoms with Crippen LogP contribution in [0.15, 0.2) is 40.6 Å². The Morgan fingerprint density at radius 3 is 2.26 bits per heavy atom. The maximum atomic E-state index is 11.9. The van der Waals surface area contributed by atoms with Gasteiger partial charge in [-0.1, -0.05) is 35.9 Å². The summed E-state index contributed by atoms with van der Waals surface area (Å²) in [5.41, 5.74) is 1.61. The van der Waals surface area contributed by atoms with Crippen molar-refractivity contribution in [2.75, 3.05) is 0 Å². The fraction of sp³-hybridized carbons (Fsp3) is 0.167. The lowest BCUT2D eigenvalue weighted by molar-refractivity contribution is 0.282. The molecule has 4 nitrogen and oxygen atoms in total. The Bertz CT molecular complexity index is 650. The van der Waals surface area contributed by atoms with Crippen LogP contribution in [0, 0.1) is 0 Å². The maximum Gasteiger partial charge on any atom is 0.250 e. The van der Waals surface area contributed by atoms with Gasteiger partial charge < -0.3 is 5.11 Å². The van der Waals surface area contributed by atoms with E-state index >= 15 is 0 Å². The first-order chi connectivity index (χ1) is 9.01. The second-order valence-electron chi connectivity index (χ2n) is 3.86. The van der Waals surface area contributed by atoms with E-state index in [1.54, 1.807) is 30.3 Å². The zero-order valence-electron chi connectivity index (χ0n) is 9.84. The van der Waals surface area contributed by atoms with Crippen molar-refractivity contribution < 1.29 is 13.5 Å². The highest BCUT2D eigenvalue weighted by atomic mass is 35.5. The molecule has 7 heteroatoms. The van der Waals surface area contributed by atoms with Crippen LogP contribution in [-0.4, -0.2) is 13.5 Å². The molecule has 0 aliphatic heterocycles. The minimum Gasteiger partial charge on any atom is -0.392 e. The third-order valence-corrected chi connectivity index (χ3v) is 5.61. The van der Waals surface area contributed by atoms with E-state index in [9.17, 15) is 8.42 Å². The lowest BCUT2D eigenvalue weighted by atomic mass is 10.1. The Kier molecular flexibility index (Phi) is 4.59. The number of nitrogens with one attached hydrogen (secondary N) is 1. The normalized spacial score (nSPS) is 11.7. The Balaban J connectivity index is 2.05. The predicted octanol–water partition coefficient (Wildman–Crippen LogP) is 2.37. The second kappa shape index (κ2) is 6.02. The molecular weight excluding hydrogens is 306 g/mol. The lowest BCUT2D eigenvalue weighted by Gasteiger charge is -2.05. The number of benzene rings is 1. The van der Waals surface area contributed by atoms with E-state index in [0.29, 0.717) is 4.34 Å². The van der Waals surface area contributed by atoms with Crippen LogP contribution in [-0.2, 0) is 23.2 Å². The molecule has 0 unspecified atom stereocenters. The molecule has 0 atom stereocenters. The highest BCUT2D eigenvalue weighted by Crippen LogP contribution is 2.25. The predicted molar refractivity (Wildman–Crippen MR) is 75.7 cm³/mol. The van der Waals surface area contributed by atoms with Crippen molar-refractivity contribution in [1.29, 1.82) is 0 Å². The fourth-order valence-corrected chi connectivity index (χ4v) is 4.00. The third-order valence-electron chi connectivity index (χ3n) is 2.49. The van der Waals surface area contributed by atoms with Gasteiger partial charge in [-0.15, -0.1) is 11.3 Å². The van der Waals surface area contributed by atoms with Crippen LogP contribution in [0.2, 0.25) is 4.34 Å². The Hall–Kier alpha value is -0.920. The largest absolute Gasteiger partial charge is 0.392 e. The summed E-state index contributed by atoms with van der Waals surface area (Å²) < 4.78 is 27.0. The standard InChI is InChI=1S/C12H12ClNO3S2/c13-11-5-6-12(18-11)19(16,17)14-7-9-1-3-10(8-15)4-2-9/h1-6,14-15H,7-8H2. The maximum absolute atomic E-state index is 11.9. The van der Waals surface area contributed by atoms with E-state index < -0.39 is 10.0 Å². The van der Waals surface area contributed by atoms with Crippen molar-refractivity contribution in [3.8, 4) is 0 Å². The average Bonchev–Trinajstić information content (AvgIpc) is 2.85. The van der Waals surface area contributed by atoms with Gasteiger partial charge in [0, 0.05) is 6.54 Å². The van der Waals surface area contributed by atoms with Crippen molar-refractivity contribution in [3.05, 3.63) is 51.9 Å². The van der Waals surface area contributed by atoms with Gasteiger partial charge in [-0.25, -0.2) is 13.1 Å². The van der Waals surface area contributed by atoms with Crippen LogP contribution in [0.1, 0.15) is 11.1 Å². The summed E-state index contributed by atoms with van der Waals surface area (Å²) in [6.07, 6.45) is 0. The van der Waals surface area contributed by atoms with Gasteiger partial charge in [0.1, 0.15) is 4.21 Å². The molecule has 0 bridgehead atoms. The van der Waals surface area contributed by atoms with Crippen LogP contribution >= 0.6 is 22.9 Å². The summed E-state index contributed by atoms with van der Waals surface area (Å²) >= 11 is 6.74. The van der Waals surface area contributed by atoms with Crippen LogP contribution < -0.4 is 4.72 Å². The smallest absolute Gasteiger partial charge is 0.250 e. The number of sulfonamides is 1. The molecule has 0 aliphatic carbocycles. The molecule has 0 spiro atoms. The summed E-state index contributed by atoms with van der Waals surface area (Å²) in [4.78, 5) is 0. The number of rotatable bonds is 5. The van der Waals surface area contributed by atoms with Crippen LogP contribution in [0.4, 0.5) is 0 Å². The van der Waals surface area contributed by atoms with Crippen molar-refractivity contribution in [2.24, 2.45) is 0 Å². The quantitative estimate of drug-likeness (QED) is 0.889. The molecule has 102 valence electrons. The Morgan fingerprint density at radius 2 is 1.74 bits per heavy atom. The van der Waals surface area contributed by atoms with Gasteiger partial charge in [0.25, 0.3) is 0 Å². The minimum absolute atomic E-state index is 0.0281. The molecule has 1 aromatic carbocycles. The zero-order chi connectivity index (χ0) is 13.9. The second-order valence-corrected chi connectivity index (χ2v) is 7.57. The van der Waals surface area contributed by atoms with Gasteiger partial charge in [0.2, 0.25) is 10.0 Å². The van der Waals surface area contributed by atoms with Gasteiger partial charge >= 0.3 is 0 Å². The molecular formula is C12H12ClNO3S2. The van der Waals surface area contributed by atoms with Crippen LogP contribution in [0.3, 0.4) is 0 Å². The van der Waals surface area contributed by atoms with E-state index in [-0.39, 0.29) is 17.4 Å². The number of hydrogen-bond donors (Lipinski definition) is 2. The van der Waals surface area contributed by atoms with E-state index in [4.69, 9.17) is 16.7 Å². The monoisotopic (exact) mass is 317 g/mol. The highest BCUT2D eigenvalue weighted by Gasteiger charge is 2.15. The van der Waals surface area contributed by atoms with Crippen molar-refractivity contribution in [3.63, 3.8) is 0 Å². The fourth-order valence-electron chi connectivity index (χ4n) is 1.45. The number of aliphatic hydroxyl groups is 1. The summed E-state index contributed by atoms with van der Waals surface area (Å²) in [5.74, 6) is 0. The van der Waals surface area contributed by atoms with Crippen LogP contribution in [0.25, 0.3) is 0 Å². The minimum atomic E-state index is -3.52. The third kappa shape index (κ3) is 3.77. The first kappa shape index (κ1) is 14.5. The molecule has 1 heterocycles. The summed E-state index contributed by atoms with van der Waals surface area (Å²) in [6.45, 7) is 0.170. The first-order valence-electron chi connectivity index (χ1n) is 5.45. The molecule has 2 aromatic rings. The zero-order valence-corrected chi connectivity index (χ0v) is 12.2. The van der Waals surface area contributed by atoms with E-state index in [2.05, 4.69) is 4.72 Å². The van der Waals surface area contributed by atoms with Crippen molar-refractivity contribution in [2.45, 2.75) is 17.4 Å². The molecule has 0 radical (unpaired) electrons.